The molecule has 3 aliphatic heterocycles. The monoisotopic (exact) mass is 629 g/mol. The number of phenols is 1. The Labute approximate surface area is 268 Å². The fourth-order valence-corrected chi connectivity index (χ4v) is 7.30. The first kappa shape index (κ1) is 31.9. The predicted molar refractivity (Wildman–Crippen MR) is 176 cm³/mol. The van der Waals surface area contributed by atoms with Crippen molar-refractivity contribution in [2.75, 3.05) is 37.7 Å². The van der Waals surface area contributed by atoms with E-state index < -0.39 is 11.6 Å². The first-order valence-corrected chi connectivity index (χ1v) is 16.5. The lowest BCUT2D eigenvalue weighted by Crippen LogP contribution is -2.43. The average Bonchev–Trinajstić information content (AvgIpc) is 3.62. The van der Waals surface area contributed by atoms with E-state index in [1.54, 1.807) is 6.20 Å². The number of phenolic OH excluding ortho intramolecular Hbond substituents is 1. The second-order valence-electron chi connectivity index (χ2n) is 11.8. The van der Waals surface area contributed by atoms with Crippen LogP contribution in [-0.2, 0) is 4.74 Å². The van der Waals surface area contributed by atoms with E-state index in [0.717, 1.165) is 45.2 Å². The number of rotatable bonds is 5. The summed E-state index contributed by atoms with van der Waals surface area (Å²) in [5.41, 5.74) is 0.0764. The van der Waals surface area contributed by atoms with Crippen LogP contribution in [0.1, 0.15) is 65.4 Å². The van der Waals surface area contributed by atoms with Crippen molar-refractivity contribution >= 4 is 27.5 Å². The number of anilines is 1. The molecule has 4 aromatic rings. The van der Waals surface area contributed by atoms with Crippen LogP contribution in [0.3, 0.4) is 0 Å². The number of aromatic hydroxyl groups is 1. The lowest BCUT2D eigenvalue weighted by Gasteiger charge is -2.32. The highest BCUT2D eigenvalue weighted by Gasteiger charge is 2.48. The summed E-state index contributed by atoms with van der Waals surface area (Å²) in [6, 6.07) is 5.81. The zero-order valence-corrected chi connectivity index (χ0v) is 26.9. The van der Waals surface area contributed by atoms with Gasteiger partial charge in [-0.2, -0.15) is 9.97 Å². The summed E-state index contributed by atoms with van der Waals surface area (Å²) in [5, 5.41) is 11.7. The predicted octanol–water partition coefficient (Wildman–Crippen LogP) is 6.85. The molecular formula is C36H41F2N5O3. The zero-order valence-electron chi connectivity index (χ0n) is 26.9. The normalized spacial score (nSPS) is 21.0. The smallest absolute Gasteiger partial charge is 0.319 e. The van der Waals surface area contributed by atoms with Gasteiger partial charge in [0, 0.05) is 23.7 Å². The van der Waals surface area contributed by atoms with Crippen LogP contribution in [0.5, 0.6) is 11.8 Å². The molecule has 5 heterocycles. The van der Waals surface area contributed by atoms with Crippen LogP contribution >= 0.6 is 0 Å². The third-order valence-electron chi connectivity index (χ3n) is 9.41. The molecule has 0 radical (unpaired) electrons. The molecule has 1 saturated carbocycles. The fraction of sp³-hybridized carbons (Fsp3) is 0.472. The maximum absolute atomic E-state index is 16.7. The number of ether oxygens (including phenoxy) is 2. The van der Waals surface area contributed by atoms with E-state index in [1.807, 2.05) is 27.7 Å². The van der Waals surface area contributed by atoms with Crippen molar-refractivity contribution in [1.82, 2.24) is 19.9 Å². The molecule has 1 N–H and O–H groups in total. The summed E-state index contributed by atoms with van der Waals surface area (Å²) in [4.78, 5) is 18.5. The molecule has 2 unspecified atom stereocenters. The van der Waals surface area contributed by atoms with Gasteiger partial charge in [-0.1, -0.05) is 39.7 Å². The van der Waals surface area contributed by atoms with Crippen LogP contribution in [0.4, 0.5) is 14.6 Å². The van der Waals surface area contributed by atoms with Crippen LogP contribution in [0.25, 0.3) is 32.9 Å². The van der Waals surface area contributed by atoms with Gasteiger partial charge in [0.2, 0.25) is 0 Å². The van der Waals surface area contributed by atoms with Crippen molar-refractivity contribution in [3.63, 3.8) is 0 Å². The van der Waals surface area contributed by atoms with Gasteiger partial charge < -0.3 is 19.5 Å². The van der Waals surface area contributed by atoms with E-state index in [4.69, 9.17) is 20.9 Å². The molecule has 0 bridgehead atoms. The number of terminal acetylenes is 1. The molecule has 0 spiro atoms. The van der Waals surface area contributed by atoms with Crippen molar-refractivity contribution in [2.45, 2.75) is 77.5 Å². The number of morpholine rings is 1. The Kier molecular flexibility index (Phi) is 8.99. The van der Waals surface area contributed by atoms with E-state index in [-0.39, 0.29) is 51.8 Å². The third-order valence-corrected chi connectivity index (χ3v) is 9.41. The maximum atomic E-state index is 16.7. The van der Waals surface area contributed by atoms with Gasteiger partial charge in [0.15, 0.2) is 5.82 Å². The minimum atomic E-state index is -0.720. The molecular weight excluding hydrogens is 588 g/mol. The number of nitrogens with zero attached hydrogens (tertiary/aromatic N) is 5. The van der Waals surface area contributed by atoms with E-state index in [0.29, 0.717) is 41.7 Å². The highest BCUT2D eigenvalue weighted by atomic mass is 19.1. The highest BCUT2D eigenvalue weighted by molar-refractivity contribution is 6.03. The molecule has 4 fully saturated rings. The Hall–Kier alpha value is -4.07. The number of fused-ring (bicyclic) bond motifs is 4. The number of benzene rings is 2. The quantitative estimate of drug-likeness (QED) is 0.240. The Morgan fingerprint density at radius 2 is 1.85 bits per heavy atom. The summed E-state index contributed by atoms with van der Waals surface area (Å²) in [7, 11) is 0. The van der Waals surface area contributed by atoms with Crippen molar-refractivity contribution in [1.29, 1.82) is 0 Å². The van der Waals surface area contributed by atoms with Crippen molar-refractivity contribution in [3.05, 3.63) is 47.7 Å². The van der Waals surface area contributed by atoms with Crippen LogP contribution in [0.15, 0.2) is 30.5 Å². The SMILES string of the molecule is C#Cc1c(F)ccc2cc(O)cc(-c3ncc4c(N5CCOC6CC65)nc(OCC56CCCN5CCC6)nc4c3F)c12.CC.CC. The van der Waals surface area contributed by atoms with Crippen LogP contribution in [-0.4, -0.2) is 75.5 Å². The lowest BCUT2D eigenvalue weighted by atomic mass is 9.95. The summed E-state index contributed by atoms with van der Waals surface area (Å²) >= 11 is 0. The summed E-state index contributed by atoms with van der Waals surface area (Å²) < 4.78 is 43.5. The van der Waals surface area contributed by atoms with Gasteiger partial charge in [-0.25, -0.2) is 8.78 Å². The second-order valence-corrected chi connectivity index (χ2v) is 11.8. The van der Waals surface area contributed by atoms with E-state index >= 15 is 4.39 Å². The molecule has 2 aromatic carbocycles. The average molecular weight is 630 g/mol. The van der Waals surface area contributed by atoms with Gasteiger partial charge in [-0.15, -0.1) is 6.42 Å². The fourth-order valence-electron chi connectivity index (χ4n) is 7.30. The minimum absolute atomic E-state index is 0.0266. The van der Waals surface area contributed by atoms with Gasteiger partial charge in [0.05, 0.1) is 35.2 Å². The number of pyridine rings is 1. The minimum Gasteiger partial charge on any atom is -0.508 e. The molecule has 46 heavy (non-hydrogen) atoms. The van der Waals surface area contributed by atoms with Gasteiger partial charge in [-0.05, 0) is 68.8 Å². The molecule has 242 valence electrons. The molecule has 8 nitrogen and oxygen atoms in total. The largest absolute Gasteiger partial charge is 0.508 e. The molecule has 10 heteroatoms. The standard InChI is InChI=1S/C32H29F2N5O3.2C2H6/c1-2-20-23(33)6-5-18-13-19(40)14-21(26(18)20)28-27(34)29-22(16-35-28)30(39-11-12-41-25-15-24(25)39)37-31(36-29)42-17-32-7-3-9-38(32)10-4-8-32;2*1-2/h1,5-6,13-14,16,24-25,40H,3-4,7-12,15,17H2;2*1-2H3. The van der Waals surface area contributed by atoms with Gasteiger partial charge in [0.1, 0.15) is 35.2 Å². The van der Waals surface area contributed by atoms with Crippen molar-refractivity contribution in [3.8, 4) is 35.4 Å². The number of hydrogen-bond acceptors (Lipinski definition) is 8. The topological polar surface area (TPSA) is 83.8 Å². The molecule has 3 saturated heterocycles. The van der Waals surface area contributed by atoms with Gasteiger partial charge >= 0.3 is 6.01 Å². The lowest BCUT2D eigenvalue weighted by molar-refractivity contribution is 0.102. The zero-order chi connectivity index (χ0) is 32.6. The molecule has 4 aliphatic rings. The van der Waals surface area contributed by atoms with Crippen LogP contribution < -0.4 is 9.64 Å². The molecule has 2 aromatic heterocycles. The van der Waals surface area contributed by atoms with E-state index in [2.05, 4.69) is 25.7 Å². The van der Waals surface area contributed by atoms with E-state index in [1.165, 1.54) is 24.3 Å². The van der Waals surface area contributed by atoms with Gasteiger partial charge in [-0.3, -0.25) is 9.88 Å². The maximum Gasteiger partial charge on any atom is 0.319 e. The highest BCUT2D eigenvalue weighted by Crippen LogP contribution is 2.43. The Morgan fingerprint density at radius 1 is 1.09 bits per heavy atom. The van der Waals surface area contributed by atoms with Crippen LogP contribution in [0.2, 0.25) is 0 Å². The first-order valence-electron chi connectivity index (χ1n) is 16.5. The summed E-state index contributed by atoms with van der Waals surface area (Å²) in [6.07, 6.45) is 12.6. The first-order chi connectivity index (χ1) is 22.5. The Morgan fingerprint density at radius 3 is 2.59 bits per heavy atom. The molecule has 2 atom stereocenters. The number of hydrogen-bond donors (Lipinski definition) is 1. The Balaban J connectivity index is 0.000000896. The number of aromatic nitrogens is 3. The van der Waals surface area contributed by atoms with Crippen LogP contribution in [0, 0.1) is 24.0 Å². The summed E-state index contributed by atoms with van der Waals surface area (Å²) in [5.74, 6) is 1.49. The third kappa shape index (κ3) is 5.39. The number of halogens is 2. The van der Waals surface area contributed by atoms with Crippen molar-refractivity contribution in [2.24, 2.45) is 0 Å². The Bertz CT molecular complexity index is 1800. The van der Waals surface area contributed by atoms with E-state index in [9.17, 15) is 9.50 Å². The van der Waals surface area contributed by atoms with Crippen molar-refractivity contribution < 1.29 is 23.4 Å². The molecule has 1 aliphatic carbocycles. The second kappa shape index (κ2) is 13.0. The molecule has 0 amide bonds. The summed E-state index contributed by atoms with van der Waals surface area (Å²) in [6.45, 7) is 11.7. The van der Waals surface area contributed by atoms with Gasteiger partial charge in [0.25, 0.3) is 0 Å². The molecule has 8 rings (SSSR count).